The predicted molar refractivity (Wildman–Crippen MR) is 169 cm³/mol. The molecule has 0 aliphatic rings. The third kappa shape index (κ3) is 5.81. The highest BCUT2D eigenvalue weighted by atomic mass is 16.5. The van der Waals surface area contributed by atoms with Crippen LogP contribution in [0.4, 0.5) is 0 Å². The molecule has 0 aliphatic heterocycles. The second kappa shape index (κ2) is 11.8. The molecule has 0 spiro atoms. The molecule has 0 N–H and O–H groups in total. The summed E-state index contributed by atoms with van der Waals surface area (Å²) in [6.45, 7) is 8.47. The van der Waals surface area contributed by atoms with Crippen LogP contribution < -0.4 is 9.47 Å². The van der Waals surface area contributed by atoms with Gasteiger partial charge in [0.25, 0.3) is 0 Å². The highest BCUT2D eigenvalue weighted by Gasteiger charge is 2.15. The summed E-state index contributed by atoms with van der Waals surface area (Å²) in [5.74, 6) is 3.02. The normalized spacial score (nSPS) is 11.1. The molecule has 2 heterocycles. The molecule has 0 bridgehead atoms. The monoisotopic (exact) mass is 551 g/mol. The molecule has 5 heteroatoms. The highest BCUT2D eigenvalue weighted by Crippen LogP contribution is 2.33. The van der Waals surface area contributed by atoms with E-state index < -0.39 is 0 Å². The van der Waals surface area contributed by atoms with Gasteiger partial charge < -0.3 is 9.47 Å². The lowest BCUT2D eigenvalue weighted by Crippen LogP contribution is -1.99. The van der Waals surface area contributed by atoms with Crippen molar-refractivity contribution in [1.82, 2.24) is 14.8 Å². The minimum absolute atomic E-state index is 0.399. The van der Waals surface area contributed by atoms with Crippen molar-refractivity contribution in [3.63, 3.8) is 0 Å². The van der Waals surface area contributed by atoms with Gasteiger partial charge in [0.2, 0.25) is 5.88 Å². The van der Waals surface area contributed by atoms with Gasteiger partial charge in [-0.15, -0.1) is 0 Å². The van der Waals surface area contributed by atoms with Gasteiger partial charge in [-0.3, -0.25) is 0 Å². The lowest BCUT2D eigenvalue weighted by molar-refractivity contribution is 0.448. The maximum absolute atomic E-state index is 6.26. The smallest absolute Gasteiger partial charge is 0.219 e. The van der Waals surface area contributed by atoms with Crippen LogP contribution in [0.25, 0.3) is 27.9 Å². The van der Waals surface area contributed by atoms with E-state index in [1.807, 2.05) is 71.4 Å². The number of rotatable bonds is 8. The van der Waals surface area contributed by atoms with Crippen LogP contribution in [-0.2, 0) is 0 Å². The van der Waals surface area contributed by atoms with E-state index in [2.05, 4.69) is 81.2 Å². The third-order valence-electron chi connectivity index (χ3n) is 7.32. The van der Waals surface area contributed by atoms with E-state index >= 15 is 0 Å². The van der Waals surface area contributed by atoms with Gasteiger partial charge >= 0.3 is 0 Å². The van der Waals surface area contributed by atoms with Gasteiger partial charge in [-0.2, -0.15) is 5.10 Å². The van der Waals surface area contributed by atoms with E-state index in [1.165, 1.54) is 16.7 Å². The Morgan fingerprint density at radius 1 is 0.619 bits per heavy atom. The Morgan fingerprint density at radius 3 is 2.00 bits per heavy atom. The van der Waals surface area contributed by atoms with Crippen LogP contribution in [0.2, 0.25) is 0 Å². The average molecular weight is 552 g/mol. The van der Waals surface area contributed by atoms with E-state index in [9.17, 15) is 0 Å². The van der Waals surface area contributed by atoms with Crippen LogP contribution in [0, 0.1) is 13.8 Å². The maximum atomic E-state index is 6.26. The summed E-state index contributed by atoms with van der Waals surface area (Å²) in [4.78, 5) is 4.36. The molecular weight excluding hydrogens is 518 g/mol. The number of nitrogens with zero attached hydrogens (tertiary/aromatic N) is 3. The van der Waals surface area contributed by atoms with Gasteiger partial charge in [0.15, 0.2) is 0 Å². The summed E-state index contributed by atoms with van der Waals surface area (Å²) >= 11 is 0. The van der Waals surface area contributed by atoms with E-state index in [0.717, 1.165) is 28.2 Å². The van der Waals surface area contributed by atoms with Crippen LogP contribution in [0.15, 0.2) is 121 Å². The molecule has 0 atom stereocenters. The fourth-order valence-electron chi connectivity index (χ4n) is 5.15. The quantitative estimate of drug-likeness (QED) is 0.189. The number of pyridine rings is 1. The Kier molecular flexibility index (Phi) is 7.56. The Balaban J connectivity index is 1.22. The summed E-state index contributed by atoms with van der Waals surface area (Å²) in [6.07, 6.45) is 1.78. The zero-order valence-electron chi connectivity index (χ0n) is 24.3. The molecular formula is C37H33N3O2. The summed E-state index contributed by atoms with van der Waals surface area (Å²) in [6, 6.07) is 38.7. The van der Waals surface area contributed by atoms with Crippen molar-refractivity contribution in [2.75, 3.05) is 0 Å². The lowest BCUT2D eigenvalue weighted by Gasteiger charge is -2.12. The molecule has 0 amide bonds. The minimum atomic E-state index is 0.399. The van der Waals surface area contributed by atoms with Gasteiger partial charge in [-0.05, 0) is 72.4 Å². The van der Waals surface area contributed by atoms with Gasteiger partial charge in [-0.25, -0.2) is 9.67 Å². The van der Waals surface area contributed by atoms with Crippen molar-refractivity contribution < 1.29 is 9.47 Å². The van der Waals surface area contributed by atoms with E-state index in [-0.39, 0.29) is 0 Å². The number of benzene rings is 4. The number of aryl methyl sites for hydroxylation is 1. The maximum Gasteiger partial charge on any atom is 0.219 e. The second-order valence-electron chi connectivity index (χ2n) is 10.7. The number of aromatic nitrogens is 3. The summed E-state index contributed by atoms with van der Waals surface area (Å²) < 4.78 is 14.3. The second-order valence-corrected chi connectivity index (χ2v) is 10.7. The summed E-state index contributed by atoms with van der Waals surface area (Å²) in [7, 11) is 0. The fraction of sp³-hybridized carbons (Fsp3) is 0.135. The molecule has 0 aliphatic carbocycles. The first-order chi connectivity index (χ1) is 20.4. The molecule has 2 aromatic heterocycles. The molecule has 4 aromatic carbocycles. The molecule has 6 rings (SSSR count). The van der Waals surface area contributed by atoms with Gasteiger partial charge in [0, 0.05) is 35.7 Å². The van der Waals surface area contributed by atoms with Crippen LogP contribution in [0.5, 0.6) is 23.1 Å². The summed E-state index contributed by atoms with van der Waals surface area (Å²) in [5.41, 5.74) is 8.85. The lowest BCUT2D eigenvalue weighted by atomic mass is 9.99. The molecule has 5 nitrogen and oxygen atoms in total. The standard InChI is InChI=1S/C37H33N3O2/c1-25(2)31-20-21-38-36(22-31)42-35-15-9-14-34(24-35)41-33-13-8-12-32(23-33)40-27(4)37(26(3)39-40)30-18-16-29(17-19-30)28-10-6-5-7-11-28/h5-25H,1-4H3. The van der Waals surface area contributed by atoms with Crippen molar-refractivity contribution >= 4 is 0 Å². The SMILES string of the molecule is Cc1nn(-c2cccc(Oc3cccc(Oc4cc(C(C)C)ccn4)c3)c2)c(C)c1-c1ccc(-c2ccccc2)cc1. The largest absolute Gasteiger partial charge is 0.457 e. The Hall–Kier alpha value is -5.16. The van der Waals surface area contributed by atoms with Crippen molar-refractivity contribution in [3.05, 3.63) is 138 Å². The molecule has 6 aromatic rings. The van der Waals surface area contributed by atoms with Crippen molar-refractivity contribution in [1.29, 1.82) is 0 Å². The first-order valence-electron chi connectivity index (χ1n) is 14.2. The van der Waals surface area contributed by atoms with Crippen LogP contribution >= 0.6 is 0 Å². The Morgan fingerprint density at radius 2 is 1.26 bits per heavy atom. The fourth-order valence-corrected chi connectivity index (χ4v) is 5.15. The number of hydrogen-bond donors (Lipinski definition) is 0. The highest BCUT2D eigenvalue weighted by molar-refractivity contribution is 5.73. The molecule has 42 heavy (non-hydrogen) atoms. The van der Waals surface area contributed by atoms with Gasteiger partial charge in [0.1, 0.15) is 17.2 Å². The predicted octanol–water partition coefficient (Wildman–Crippen LogP) is 9.93. The van der Waals surface area contributed by atoms with Gasteiger partial charge in [-0.1, -0.05) is 80.6 Å². The Labute approximate surface area is 247 Å². The average Bonchev–Trinajstić information content (AvgIpc) is 3.31. The molecule has 0 saturated heterocycles. The minimum Gasteiger partial charge on any atom is -0.457 e. The van der Waals surface area contributed by atoms with Crippen molar-refractivity contribution in [2.24, 2.45) is 0 Å². The Bertz CT molecular complexity index is 1820. The molecule has 0 fully saturated rings. The molecule has 208 valence electrons. The van der Waals surface area contributed by atoms with Crippen molar-refractivity contribution in [3.8, 4) is 51.1 Å². The molecule has 0 radical (unpaired) electrons. The van der Waals surface area contributed by atoms with Crippen molar-refractivity contribution in [2.45, 2.75) is 33.6 Å². The van der Waals surface area contributed by atoms with E-state index in [1.54, 1.807) is 6.20 Å². The third-order valence-corrected chi connectivity index (χ3v) is 7.32. The topological polar surface area (TPSA) is 49.2 Å². The molecule has 0 saturated carbocycles. The number of ether oxygens (including phenoxy) is 2. The van der Waals surface area contributed by atoms with E-state index in [4.69, 9.17) is 14.6 Å². The zero-order chi connectivity index (χ0) is 29.1. The first-order valence-corrected chi connectivity index (χ1v) is 14.2. The van der Waals surface area contributed by atoms with Gasteiger partial charge in [0.05, 0.1) is 11.4 Å². The van der Waals surface area contributed by atoms with Crippen LogP contribution in [0.3, 0.4) is 0 Å². The van der Waals surface area contributed by atoms with Crippen LogP contribution in [-0.4, -0.2) is 14.8 Å². The van der Waals surface area contributed by atoms with E-state index in [0.29, 0.717) is 29.0 Å². The molecule has 0 unspecified atom stereocenters. The first kappa shape index (κ1) is 27.0. The van der Waals surface area contributed by atoms with Crippen LogP contribution in [0.1, 0.15) is 36.7 Å². The number of hydrogen-bond acceptors (Lipinski definition) is 4. The zero-order valence-corrected chi connectivity index (χ0v) is 24.3. The summed E-state index contributed by atoms with van der Waals surface area (Å²) in [5, 5.41) is 4.90.